The van der Waals surface area contributed by atoms with Crippen molar-refractivity contribution in [1.82, 2.24) is 14.8 Å². The molecule has 11 heteroatoms. The highest BCUT2D eigenvalue weighted by molar-refractivity contribution is 7.80. The molecule has 3 rings (SSSR count). The van der Waals surface area contributed by atoms with Gasteiger partial charge in [-0.2, -0.15) is 5.10 Å². The predicted molar refractivity (Wildman–Crippen MR) is 131 cm³/mol. The molecular formula is C21H19ClN6O3S. The minimum absolute atomic E-state index is 0.00689. The Balaban J connectivity index is 1.67. The Labute approximate surface area is 193 Å². The van der Waals surface area contributed by atoms with Gasteiger partial charge in [0.1, 0.15) is 5.69 Å². The molecule has 0 aliphatic carbocycles. The molecule has 0 spiro atoms. The maximum atomic E-state index is 12.9. The SMILES string of the molecule is Cc1c(NC(=S)N/N=C/C(Cl)=C/c2ccc([N+](=O)[O-])cc2)c(=O)n(-c2ccccc2)n1C. The molecule has 0 saturated carbocycles. The summed E-state index contributed by atoms with van der Waals surface area (Å²) in [6.45, 7) is 1.80. The van der Waals surface area contributed by atoms with E-state index in [1.54, 1.807) is 36.9 Å². The standard InChI is InChI=1S/C21H19ClN6O3S/c1-14-19(20(29)27(26(14)2)17-6-4-3-5-7-17)24-21(32)25-23-13-16(22)12-15-8-10-18(11-9-15)28(30)31/h3-13H,1-2H3,(H2,24,25,32)/b16-12-,23-13+. The molecule has 0 radical (unpaired) electrons. The number of anilines is 1. The third kappa shape index (κ3) is 5.29. The van der Waals surface area contributed by atoms with Crippen LogP contribution in [-0.4, -0.2) is 25.6 Å². The Morgan fingerprint density at radius 1 is 1.19 bits per heavy atom. The van der Waals surface area contributed by atoms with Gasteiger partial charge in [0.05, 0.1) is 27.6 Å². The van der Waals surface area contributed by atoms with Crippen LogP contribution in [0.3, 0.4) is 0 Å². The molecule has 0 saturated heterocycles. The van der Waals surface area contributed by atoms with Crippen LogP contribution in [0.5, 0.6) is 0 Å². The lowest BCUT2D eigenvalue weighted by Gasteiger charge is -2.07. The van der Waals surface area contributed by atoms with Gasteiger partial charge < -0.3 is 5.32 Å². The van der Waals surface area contributed by atoms with Gasteiger partial charge in [0.25, 0.3) is 11.2 Å². The number of non-ortho nitro benzene ring substituents is 1. The van der Waals surface area contributed by atoms with E-state index < -0.39 is 4.92 Å². The minimum atomic E-state index is -0.475. The van der Waals surface area contributed by atoms with Crippen molar-refractivity contribution in [1.29, 1.82) is 0 Å². The average Bonchev–Trinajstić information content (AvgIpc) is 2.98. The van der Waals surface area contributed by atoms with E-state index in [1.165, 1.54) is 23.0 Å². The largest absolute Gasteiger partial charge is 0.325 e. The molecule has 0 atom stereocenters. The van der Waals surface area contributed by atoms with E-state index in [-0.39, 0.29) is 21.4 Å². The van der Waals surface area contributed by atoms with Crippen molar-refractivity contribution in [3.63, 3.8) is 0 Å². The Bertz CT molecular complexity index is 1260. The molecule has 164 valence electrons. The van der Waals surface area contributed by atoms with Crippen LogP contribution in [0.15, 0.2) is 69.5 Å². The van der Waals surface area contributed by atoms with Gasteiger partial charge in [-0.1, -0.05) is 29.8 Å². The van der Waals surface area contributed by atoms with Crippen molar-refractivity contribution >= 4 is 52.6 Å². The lowest BCUT2D eigenvalue weighted by Crippen LogP contribution is -2.28. The Hall–Kier alpha value is -3.76. The van der Waals surface area contributed by atoms with Crippen LogP contribution >= 0.6 is 23.8 Å². The maximum Gasteiger partial charge on any atom is 0.295 e. The van der Waals surface area contributed by atoms with Crippen molar-refractivity contribution in [2.45, 2.75) is 6.92 Å². The first kappa shape index (κ1) is 22.9. The minimum Gasteiger partial charge on any atom is -0.325 e. The molecule has 3 aromatic rings. The normalized spacial score (nSPS) is 11.5. The second-order valence-electron chi connectivity index (χ2n) is 6.64. The number of hydrazone groups is 1. The molecule has 0 unspecified atom stereocenters. The van der Waals surface area contributed by atoms with Crippen molar-refractivity contribution in [2.24, 2.45) is 12.1 Å². The molecule has 2 N–H and O–H groups in total. The monoisotopic (exact) mass is 470 g/mol. The van der Waals surface area contributed by atoms with Crippen LogP contribution in [0.25, 0.3) is 11.8 Å². The molecular weight excluding hydrogens is 452 g/mol. The van der Waals surface area contributed by atoms with Gasteiger partial charge in [-0.25, -0.2) is 4.68 Å². The number of nitro groups is 1. The zero-order chi connectivity index (χ0) is 23.3. The molecule has 1 heterocycles. The van der Waals surface area contributed by atoms with Crippen LogP contribution in [0.2, 0.25) is 0 Å². The van der Waals surface area contributed by atoms with Crippen molar-refractivity contribution in [3.05, 3.63) is 91.4 Å². The lowest BCUT2D eigenvalue weighted by atomic mass is 10.2. The zero-order valence-electron chi connectivity index (χ0n) is 17.2. The first-order valence-corrected chi connectivity index (χ1v) is 10.1. The average molecular weight is 471 g/mol. The van der Waals surface area contributed by atoms with Crippen molar-refractivity contribution < 1.29 is 4.92 Å². The van der Waals surface area contributed by atoms with Gasteiger partial charge in [-0.15, -0.1) is 0 Å². The van der Waals surface area contributed by atoms with E-state index >= 15 is 0 Å². The third-order valence-corrected chi connectivity index (χ3v) is 4.96. The number of rotatable bonds is 6. The summed E-state index contributed by atoms with van der Waals surface area (Å²) in [5.41, 5.74) is 4.79. The molecule has 2 aromatic carbocycles. The van der Waals surface area contributed by atoms with Crippen LogP contribution in [-0.2, 0) is 7.05 Å². The summed E-state index contributed by atoms with van der Waals surface area (Å²) in [6.07, 6.45) is 2.92. The maximum absolute atomic E-state index is 12.9. The number of hydrogen-bond acceptors (Lipinski definition) is 5. The summed E-state index contributed by atoms with van der Waals surface area (Å²) in [5.74, 6) is 0. The number of para-hydroxylation sites is 1. The molecule has 0 fully saturated rings. The Kier molecular flexibility index (Phi) is 7.18. The molecule has 0 bridgehead atoms. The van der Waals surface area contributed by atoms with Gasteiger partial charge in [-0.3, -0.25) is 25.0 Å². The van der Waals surface area contributed by atoms with E-state index in [9.17, 15) is 14.9 Å². The van der Waals surface area contributed by atoms with Crippen LogP contribution in [0.4, 0.5) is 11.4 Å². The number of thiocarbonyl (C=S) groups is 1. The lowest BCUT2D eigenvalue weighted by molar-refractivity contribution is -0.384. The fourth-order valence-corrected chi connectivity index (χ4v) is 3.22. The van der Waals surface area contributed by atoms with Crippen molar-refractivity contribution in [3.8, 4) is 5.69 Å². The van der Waals surface area contributed by atoms with Crippen LogP contribution in [0, 0.1) is 17.0 Å². The smallest absolute Gasteiger partial charge is 0.295 e. The molecule has 32 heavy (non-hydrogen) atoms. The van der Waals surface area contributed by atoms with Gasteiger partial charge in [0, 0.05) is 19.2 Å². The molecule has 0 aliphatic rings. The number of aromatic nitrogens is 2. The number of nitro benzene ring substituents is 1. The molecule has 1 aromatic heterocycles. The fourth-order valence-electron chi connectivity index (χ4n) is 2.90. The first-order valence-electron chi connectivity index (χ1n) is 9.33. The summed E-state index contributed by atoms with van der Waals surface area (Å²) in [4.78, 5) is 23.1. The summed E-state index contributed by atoms with van der Waals surface area (Å²) in [6, 6.07) is 15.2. The van der Waals surface area contributed by atoms with Crippen molar-refractivity contribution in [2.75, 3.05) is 5.32 Å². The Morgan fingerprint density at radius 3 is 2.47 bits per heavy atom. The molecule has 9 nitrogen and oxygen atoms in total. The van der Waals surface area contributed by atoms with E-state index in [0.717, 1.165) is 5.69 Å². The van der Waals surface area contributed by atoms with Gasteiger partial charge in [-0.05, 0) is 55.0 Å². The molecule has 0 aliphatic heterocycles. The number of nitrogens with zero attached hydrogens (tertiary/aromatic N) is 4. The fraction of sp³-hybridized carbons (Fsp3) is 0.0952. The highest BCUT2D eigenvalue weighted by atomic mass is 35.5. The summed E-state index contributed by atoms with van der Waals surface area (Å²) >= 11 is 11.3. The quantitative estimate of drug-likeness (QED) is 0.244. The number of nitrogens with one attached hydrogen (secondary N) is 2. The first-order chi connectivity index (χ1) is 15.3. The number of halogens is 1. The van der Waals surface area contributed by atoms with E-state index in [1.807, 2.05) is 30.3 Å². The van der Waals surface area contributed by atoms with Gasteiger partial charge in [0.2, 0.25) is 0 Å². The van der Waals surface area contributed by atoms with E-state index in [0.29, 0.717) is 16.9 Å². The second-order valence-corrected chi connectivity index (χ2v) is 7.48. The Morgan fingerprint density at radius 2 is 1.84 bits per heavy atom. The third-order valence-electron chi connectivity index (χ3n) is 4.56. The number of benzene rings is 2. The number of hydrogen-bond donors (Lipinski definition) is 2. The zero-order valence-corrected chi connectivity index (χ0v) is 18.7. The van der Waals surface area contributed by atoms with E-state index in [4.69, 9.17) is 23.8 Å². The highest BCUT2D eigenvalue weighted by Gasteiger charge is 2.16. The number of allylic oxidation sites excluding steroid dienone is 1. The summed E-state index contributed by atoms with van der Waals surface area (Å²) in [5, 5.41) is 17.9. The summed E-state index contributed by atoms with van der Waals surface area (Å²) in [7, 11) is 1.78. The van der Waals surface area contributed by atoms with Gasteiger partial charge in [0.15, 0.2) is 5.11 Å². The van der Waals surface area contributed by atoms with Gasteiger partial charge >= 0.3 is 0 Å². The topological polar surface area (TPSA) is 106 Å². The summed E-state index contributed by atoms with van der Waals surface area (Å²) < 4.78 is 3.27. The predicted octanol–water partition coefficient (Wildman–Crippen LogP) is 3.94. The second kappa shape index (κ2) is 10.0. The highest BCUT2D eigenvalue weighted by Crippen LogP contribution is 2.15. The molecule has 0 amide bonds. The van der Waals surface area contributed by atoms with Crippen LogP contribution < -0.4 is 16.3 Å². The van der Waals surface area contributed by atoms with E-state index in [2.05, 4.69) is 15.8 Å². The van der Waals surface area contributed by atoms with Crippen LogP contribution in [0.1, 0.15) is 11.3 Å².